The summed E-state index contributed by atoms with van der Waals surface area (Å²) < 4.78 is 3.78. The lowest BCUT2D eigenvalue weighted by molar-refractivity contribution is -0.454. The normalized spacial score (nSPS) is 20.3. The van der Waals surface area contributed by atoms with Crippen LogP contribution in [0.4, 0.5) is 0 Å². The number of allylic oxidation sites excluding steroid dienone is 1. The topological polar surface area (TPSA) is 104 Å². The van der Waals surface area contributed by atoms with Crippen molar-refractivity contribution in [2.45, 2.75) is 38.7 Å². The van der Waals surface area contributed by atoms with Crippen molar-refractivity contribution in [3.63, 3.8) is 0 Å². The van der Waals surface area contributed by atoms with Crippen molar-refractivity contribution in [3.05, 3.63) is 78.5 Å². The molecule has 7 rings (SSSR count). The SMILES string of the molecule is Cc1nn2c(-c3ccnc4nc(-c5ccccn5)ccc34)cnc2cc1C1=C/[N+](=C/C2CCC(O)CC2)N=C1. The van der Waals surface area contributed by atoms with E-state index in [9.17, 15) is 5.11 Å². The smallest absolute Gasteiger partial charge is 0.211 e. The van der Waals surface area contributed by atoms with E-state index in [-0.39, 0.29) is 6.10 Å². The number of aliphatic hydroxyl groups excluding tert-OH is 1. The van der Waals surface area contributed by atoms with Gasteiger partial charge in [0, 0.05) is 34.8 Å². The monoisotopic (exact) mass is 515 g/mol. The number of hydrazone groups is 1. The molecule has 5 aromatic heterocycles. The summed E-state index contributed by atoms with van der Waals surface area (Å²) in [6.45, 7) is 2.01. The van der Waals surface area contributed by atoms with E-state index < -0.39 is 0 Å². The molecule has 1 N–H and O–H groups in total. The highest BCUT2D eigenvalue weighted by Gasteiger charge is 2.24. The molecule has 0 amide bonds. The van der Waals surface area contributed by atoms with Gasteiger partial charge in [-0.2, -0.15) is 5.10 Å². The summed E-state index contributed by atoms with van der Waals surface area (Å²) in [7, 11) is 0. The molecule has 2 aliphatic rings. The number of aliphatic hydroxyl groups is 1. The Morgan fingerprint density at radius 1 is 0.949 bits per heavy atom. The third-order valence-corrected chi connectivity index (χ3v) is 7.50. The minimum absolute atomic E-state index is 0.159. The summed E-state index contributed by atoms with van der Waals surface area (Å²) in [5, 5.41) is 20.2. The highest BCUT2D eigenvalue weighted by Crippen LogP contribution is 2.30. The quantitative estimate of drug-likeness (QED) is 0.349. The van der Waals surface area contributed by atoms with Crippen molar-refractivity contribution in [2.75, 3.05) is 0 Å². The molecule has 0 atom stereocenters. The molecule has 192 valence electrons. The number of rotatable bonds is 4. The maximum Gasteiger partial charge on any atom is 0.211 e. The van der Waals surface area contributed by atoms with Crippen molar-refractivity contribution in [2.24, 2.45) is 11.0 Å². The molecule has 1 aliphatic carbocycles. The first kappa shape index (κ1) is 23.5. The predicted octanol–water partition coefficient (Wildman–Crippen LogP) is 4.68. The molecule has 9 nitrogen and oxygen atoms in total. The van der Waals surface area contributed by atoms with Crippen LogP contribution < -0.4 is 0 Å². The number of aryl methyl sites for hydroxylation is 1. The van der Waals surface area contributed by atoms with Crippen molar-refractivity contribution in [1.29, 1.82) is 0 Å². The molecule has 5 aromatic rings. The predicted molar refractivity (Wildman–Crippen MR) is 150 cm³/mol. The summed E-state index contributed by atoms with van der Waals surface area (Å²) >= 11 is 0. The molecule has 0 bridgehead atoms. The van der Waals surface area contributed by atoms with Crippen LogP contribution in [0.5, 0.6) is 0 Å². The summed E-state index contributed by atoms with van der Waals surface area (Å²) in [6, 6.07) is 13.8. The second-order valence-electron chi connectivity index (χ2n) is 10.1. The average molecular weight is 516 g/mol. The van der Waals surface area contributed by atoms with Gasteiger partial charge in [0.25, 0.3) is 0 Å². The molecule has 1 aliphatic heterocycles. The zero-order valence-corrected chi connectivity index (χ0v) is 21.5. The highest BCUT2D eigenvalue weighted by molar-refractivity contribution is 6.10. The minimum atomic E-state index is -0.159. The summed E-state index contributed by atoms with van der Waals surface area (Å²) in [5.41, 5.74) is 7.72. The number of nitrogens with zero attached hydrogens (tertiary/aromatic N) is 8. The van der Waals surface area contributed by atoms with Crippen LogP contribution in [0.15, 0.2) is 72.4 Å². The van der Waals surface area contributed by atoms with E-state index in [1.54, 1.807) is 12.4 Å². The van der Waals surface area contributed by atoms with Crippen LogP contribution in [0.1, 0.15) is 36.9 Å². The zero-order valence-electron chi connectivity index (χ0n) is 21.5. The maximum absolute atomic E-state index is 9.78. The van der Waals surface area contributed by atoms with Crippen molar-refractivity contribution in [1.82, 2.24) is 29.5 Å². The van der Waals surface area contributed by atoms with E-state index >= 15 is 0 Å². The van der Waals surface area contributed by atoms with Gasteiger partial charge in [-0.15, -0.1) is 0 Å². The summed E-state index contributed by atoms with van der Waals surface area (Å²) in [5.74, 6) is 0.433. The fourth-order valence-electron chi connectivity index (χ4n) is 5.41. The van der Waals surface area contributed by atoms with Gasteiger partial charge >= 0.3 is 0 Å². The number of hydrogen-bond donors (Lipinski definition) is 1. The van der Waals surface area contributed by atoms with Crippen LogP contribution in [0, 0.1) is 12.8 Å². The van der Waals surface area contributed by atoms with Crippen LogP contribution in [-0.2, 0) is 0 Å². The van der Waals surface area contributed by atoms with E-state index in [0.717, 1.165) is 76.2 Å². The van der Waals surface area contributed by atoms with Crippen molar-refractivity contribution < 1.29 is 9.79 Å². The molecule has 0 unspecified atom stereocenters. The van der Waals surface area contributed by atoms with E-state index in [1.165, 1.54) is 0 Å². The molecule has 0 aromatic carbocycles. The van der Waals surface area contributed by atoms with Gasteiger partial charge in [0.15, 0.2) is 17.5 Å². The standard InChI is InChI=1S/C30H27N8O/c1-19-25(21-15-34-37(18-21)17-20-5-7-22(39)8-6-20)14-29-33-16-28(38(29)36-19)23-11-13-32-30-24(23)9-10-27(35-30)26-4-2-3-12-31-26/h2-4,9-18,20,22,39H,5-8H2,1H3/q+1/b37-17-. The third-order valence-electron chi connectivity index (χ3n) is 7.50. The lowest BCUT2D eigenvalue weighted by Crippen LogP contribution is -2.20. The molecule has 0 spiro atoms. The second kappa shape index (κ2) is 9.59. The minimum Gasteiger partial charge on any atom is -0.393 e. The van der Waals surface area contributed by atoms with Gasteiger partial charge in [0.1, 0.15) is 6.21 Å². The Labute approximate surface area is 224 Å². The lowest BCUT2D eigenvalue weighted by atomic mass is 9.88. The molecule has 1 fully saturated rings. The lowest BCUT2D eigenvalue weighted by Gasteiger charge is -2.20. The fourth-order valence-corrected chi connectivity index (χ4v) is 5.41. The molecule has 0 radical (unpaired) electrons. The second-order valence-corrected chi connectivity index (χ2v) is 10.1. The fraction of sp³-hybridized carbons (Fsp3) is 0.233. The molecule has 39 heavy (non-hydrogen) atoms. The van der Waals surface area contributed by atoms with Crippen LogP contribution >= 0.6 is 0 Å². The van der Waals surface area contributed by atoms with Gasteiger partial charge in [0.2, 0.25) is 6.20 Å². The van der Waals surface area contributed by atoms with E-state index in [4.69, 9.17) is 15.1 Å². The Hall–Kier alpha value is -4.63. The summed E-state index contributed by atoms with van der Waals surface area (Å²) in [4.78, 5) is 18.4. The van der Waals surface area contributed by atoms with Crippen molar-refractivity contribution >= 4 is 34.7 Å². The van der Waals surface area contributed by atoms with Crippen LogP contribution in [0.3, 0.4) is 0 Å². The molecular weight excluding hydrogens is 488 g/mol. The third kappa shape index (κ3) is 4.40. The molecule has 9 heteroatoms. The van der Waals surface area contributed by atoms with Gasteiger partial charge in [-0.1, -0.05) is 10.8 Å². The Balaban J connectivity index is 1.23. The number of fused-ring (bicyclic) bond motifs is 2. The zero-order chi connectivity index (χ0) is 26.3. The number of hydrogen-bond acceptors (Lipinski definition) is 7. The summed E-state index contributed by atoms with van der Waals surface area (Å²) in [6.07, 6.45) is 15.0. The molecular formula is C30H27N8O+. The van der Waals surface area contributed by atoms with Crippen LogP contribution in [0.25, 0.3) is 44.9 Å². The number of pyridine rings is 3. The van der Waals surface area contributed by atoms with Crippen molar-refractivity contribution in [3.8, 4) is 22.6 Å². The van der Waals surface area contributed by atoms with Gasteiger partial charge in [-0.25, -0.2) is 19.5 Å². The first-order valence-electron chi connectivity index (χ1n) is 13.2. The van der Waals surface area contributed by atoms with Crippen LogP contribution in [0.2, 0.25) is 0 Å². The van der Waals surface area contributed by atoms with E-state index in [1.807, 2.05) is 71.1 Å². The first-order chi connectivity index (χ1) is 19.1. The Morgan fingerprint density at radius 3 is 2.69 bits per heavy atom. The van der Waals surface area contributed by atoms with Gasteiger partial charge in [-0.05, 0) is 74.1 Å². The molecule has 1 saturated carbocycles. The Bertz CT molecular complexity index is 1800. The Kier molecular flexibility index (Phi) is 5.78. The van der Waals surface area contributed by atoms with Gasteiger partial charge in [0.05, 0.1) is 40.6 Å². The van der Waals surface area contributed by atoms with E-state index in [2.05, 4.69) is 27.4 Å². The molecule has 6 heterocycles. The largest absolute Gasteiger partial charge is 0.393 e. The number of imidazole rings is 1. The van der Waals surface area contributed by atoms with E-state index in [0.29, 0.717) is 11.6 Å². The van der Waals surface area contributed by atoms with Crippen LogP contribution in [-0.4, -0.2) is 57.9 Å². The van der Waals surface area contributed by atoms with Gasteiger partial charge < -0.3 is 5.11 Å². The van der Waals surface area contributed by atoms with Gasteiger partial charge in [-0.3, -0.25) is 4.98 Å². The maximum atomic E-state index is 9.78. The average Bonchev–Trinajstić information content (AvgIpc) is 3.60. The highest BCUT2D eigenvalue weighted by atomic mass is 16.3. The first-order valence-corrected chi connectivity index (χ1v) is 13.2. The number of aromatic nitrogens is 6. The molecule has 0 saturated heterocycles. The Morgan fingerprint density at radius 2 is 1.85 bits per heavy atom.